The van der Waals surface area contributed by atoms with Crippen molar-refractivity contribution >= 4 is 11.6 Å². The van der Waals surface area contributed by atoms with E-state index in [0.717, 1.165) is 6.07 Å². The van der Waals surface area contributed by atoms with Crippen LogP contribution in [0.4, 0.5) is 5.69 Å². The van der Waals surface area contributed by atoms with Gasteiger partial charge in [-0.25, -0.2) is 4.98 Å². The quantitative estimate of drug-likeness (QED) is 0.648. The fourth-order valence-corrected chi connectivity index (χ4v) is 1.66. The molecule has 1 aromatic heterocycles. The number of benzene rings is 1. The molecule has 1 amide bonds. The van der Waals surface area contributed by atoms with Gasteiger partial charge in [-0.1, -0.05) is 0 Å². The van der Waals surface area contributed by atoms with Crippen LogP contribution in [-0.4, -0.2) is 20.4 Å². The zero-order chi connectivity index (χ0) is 13.3. The minimum atomic E-state index is -0.702. The third-order valence-corrected chi connectivity index (χ3v) is 2.54. The van der Waals surface area contributed by atoms with Crippen LogP contribution in [0, 0.1) is 17.0 Å². The van der Waals surface area contributed by atoms with Crippen molar-refractivity contribution in [1.29, 1.82) is 0 Å². The van der Waals surface area contributed by atoms with E-state index in [0.29, 0.717) is 11.5 Å². The fourth-order valence-electron chi connectivity index (χ4n) is 1.66. The van der Waals surface area contributed by atoms with Crippen molar-refractivity contribution in [1.82, 2.24) is 9.55 Å². The third kappa shape index (κ3) is 1.93. The van der Waals surface area contributed by atoms with Crippen molar-refractivity contribution in [3.63, 3.8) is 0 Å². The minimum Gasteiger partial charge on any atom is -0.366 e. The van der Waals surface area contributed by atoms with Crippen LogP contribution in [0.3, 0.4) is 0 Å². The van der Waals surface area contributed by atoms with E-state index in [-0.39, 0.29) is 11.3 Å². The van der Waals surface area contributed by atoms with Crippen LogP contribution in [0.1, 0.15) is 16.2 Å². The number of carbonyl (C=O) groups excluding carboxylic acids is 1. The number of imidazole rings is 1. The molecule has 2 N–H and O–H groups in total. The van der Waals surface area contributed by atoms with Crippen LogP contribution in [-0.2, 0) is 0 Å². The summed E-state index contributed by atoms with van der Waals surface area (Å²) < 4.78 is 1.57. The zero-order valence-electron chi connectivity index (χ0n) is 9.53. The molecule has 0 radical (unpaired) electrons. The number of primary amides is 1. The lowest BCUT2D eigenvalue weighted by Gasteiger charge is -2.06. The molecule has 2 rings (SSSR count). The topological polar surface area (TPSA) is 104 Å². The Bertz CT molecular complexity index is 633. The fraction of sp³-hybridized carbons (Fsp3) is 0.0909. The van der Waals surface area contributed by atoms with Crippen molar-refractivity contribution < 1.29 is 9.72 Å². The Labute approximate surface area is 102 Å². The number of amides is 1. The van der Waals surface area contributed by atoms with Crippen LogP contribution in [0.15, 0.2) is 30.6 Å². The maximum atomic E-state index is 11.0. The first-order chi connectivity index (χ1) is 8.50. The van der Waals surface area contributed by atoms with E-state index in [1.807, 2.05) is 0 Å². The van der Waals surface area contributed by atoms with Crippen LogP contribution in [0.5, 0.6) is 0 Å². The molecule has 0 aliphatic heterocycles. The molecule has 0 spiro atoms. The number of hydrogen-bond acceptors (Lipinski definition) is 4. The number of hydrogen-bond donors (Lipinski definition) is 1. The van der Waals surface area contributed by atoms with Gasteiger partial charge in [0.15, 0.2) is 0 Å². The molecule has 0 atom stereocenters. The molecule has 92 valence electrons. The van der Waals surface area contributed by atoms with Crippen molar-refractivity contribution in [2.45, 2.75) is 6.92 Å². The second-order valence-corrected chi connectivity index (χ2v) is 3.67. The van der Waals surface area contributed by atoms with Crippen molar-refractivity contribution in [3.8, 4) is 5.69 Å². The van der Waals surface area contributed by atoms with Gasteiger partial charge < -0.3 is 5.73 Å². The second kappa shape index (κ2) is 4.28. The van der Waals surface area contributed by atoms with Gasteiger partial charge in [0, 0.05) is 24.0 Å². The molecule has 0 bridgehead atoms. The molecule has 2 aromatic rings. The SMILES string of the molecule is Cc1nccn1-c1ccc(C(N)=O)cc1[N+](=O)[O-]. The molecule has 18 heavy (non-hydrogen) atoms. The summed E-state index contributed by atoms with van der Waals surface area (Å²) >= 11 is 0. The summed E-state index contributed by atoms with van der Waals surface area (Å²) in [5.41, 5.74) is 5.36. The first-order valence-corrected chi connectivity index (χ1v) is 5.09. The Morgan fingerprint density at radius 1 is 1.50 bits per heavy atom. The molecule has 0 fully saturated rings. The highest BCUT2D eigenvalue weighted by molar-refractivity contribution is 5.94. The minimum absolute atomic E-state index is 0.100. The Hall–Kier alpha value is -2.70. The number of rotatable bonds is 3. The summed E-state index contributed by atoms with van der Waals surface area (Å²) in [5.74, 6) is -0.0862. The number of nitrogens with zero attached hydrogens (tertiary/aromatic N) is 3. The van der Waals surface area contributed by atoms with E-state index in [1.165, 1.54) is 12.1 Å². The molecular formula is C11H10N4O3. The van der Waals surface area contributed by atoms with E-state index >= 15 is 0 Å². The highest BCUT2D eigenvalue weighted by Crippen LogP contribution is 2.25. The van der Waals surface area contributed by atoms with Gasteiger partial charge in [0.2, 0.25) is 5.91 Å². The van der Waals surface area contributed by atoms with Gasteiger partial charge in [-0.15, -0.1) is 0 Å². The average molecular weight is 246 g/mol. The smallest absolute Gasteiger partial charge is 0.294 e. The largest absolute Gasteiger partial charge is 0.366 e. The van der Waals surface area contributed by atoms with Gasteiger partial charge in [-0.2, -0.15) is 0 Å². The van der Waals surface area contributed by atoms with Gasteiger partial charge in [-0.3, -0.25) is 19.5 Å². The molecule has 7 heteroatoms. The third-order valence-electron chi connectivity index (χ3n) is 2.54. The molecule has 0 saturated heterocycles. The van der Waals surface area contributed by atoms with Gasteiger partial charge in [0.1, 0.15) is 11.5 Å². The maximum absolute atomic E-state index is 11.0. The molecule has 0 saturated carbocycles. The lowest BCUT2D eigenvalue weighted by atomic mass is 10.1. The Kier molecular flexibility index (Phi) is 2.80. The molecular weight excluding hydrogens is 236 g/mol. The zero-order valence-corrected chi connectivity index (χ0v) is 9.53. The monoisotopic (exact) mass is 246 g/mol. The molecule has 1 heterocycles. The van der Waals surface area contributed by atoms with Gasteiger partial charge in [-0.05, 0) is 19.1 Å². The lowest BCUT2D eigenvalue weighted by Crippen LogP contribution is -2.12. The highest BCUT2D eigenvalue weighted by Gasteiger charge is 2.18. The van der Waals surface area contributed by atoms with Crippen LogP contribution < -0.4 is 5.73 Å². The summed E-state index contributed by atoms with van der Waals surface area (Å²) in [6, 6.07) is 4.09. The van der Waals surface area contributed by atoms with E-state index in [9.17, 15) is 14.9 Å². The highest BCUT2D eigenvalue weighted by atomic mass is 16.6. The predicted octanol–water partition coefficient (Wildman–Crippen LogP) is 1.19. The average Bonchev–Trinajstić information content (AvgIpc) is 2.74. The molecule has 0 aliphatic carbocycles. The molecule has 1 aromatic carbocycles. The molecule has 0 unspecified atom stereocenters. The van der Waals surface area contributed by atoms with E-state index in [4.69, 9.17) is 5.73 Å². The van der Waals surface area contributed by atoms with Crippen molar-refractivity contribution in [2.75, 3.05) is 0 Å². The van der Waals surface area contributed by atoms with E-state index < -0.39 is 10.8 Å². The number of carbonyl (C=O) groups is 1. The predicted molar refractivity (Wildman–Crippen MR) is 63.5 cm³/mol. The summed E-state index contributed by atoms with van der Waals surface area (Å²) in [5, 5.41) is 11.0. The Balaban J connectivity index is 2.65. The number of aryl methyl sites for hydroxylation is 1. The number of nitrogens with two attached hydrogens (primary N) is 1. The number of nitro groups is 1. The lowest BCUT2D eigenvalue weighted by molar-refractivity contribution is -0.384. The number of nitro benzene ring substituents is 1. The maximum Gasteiger partial charge on any atom is 0.294 e. The summed E-state index contributed by atoms with van der Waals surface area (Å²) in [4.78, 5) is 25.5. The van der Waals surface area contributed by atoms with Crippen molar-refractivity contribution in [2.24, 2.45) is 5.73 Å². The van der Waals surface area contributed by atoms with Crippen molar-refractivity contribution in [3.05, 3.63) is 52.1 Å². The molecule has 7 nitrogen and oxygen atoms in total. The summed E-state index contributed by atoms with van der Waals surface area (Å²) in [6.45, 7) is 1.73. The van der Waals surface area contributed by atoms with Gasteiger partial charge >= 0.3 is 0 Å². The van der Waals surface area contributed by atoms with E-state index in [2.05, 4.69) is 4.98 Å². The van der Waals surface area contributed by atoms with Gasteiger partial charge in [0.05, 0.1) is 4.92 Å². The summed E-state index contributed by atoms with van der Waals surface area (Å²) in [7, 11) is 0. The summed E-state index contributed by atoms with van der Waals surface area (Å²) in [6.07, 6.45) is 3.16. The number of aromatic nitrogens is 2. The standard InChI is InChI=1S/C11H10N4O3/c1-7-13-4-5-14(7)9-3-2-8(11(12)16)6-10(9)15(17)18/h2-6H,1H3,(H2,12,16). The van der Waals surface area contributed by atoms with Crippen LogP contribution >= 0.6 is 0 Å². The van der Waals surface area contributed by atoms with Crippen LogP contribution in [0.2, 0.25) is 0 Å². The van der Waals surface area contributed by atoms with Crippen LogP contribution in [0.25, 0.3) is 5.69 Å². The Morgan fingerprint density at radius 2 is 2.22 bits per heavy atom. The van der Waals surface area contributed by atoms with Gasteiger partial charge in [0.25, 0.3) is 5.69 Å². The second-order valence-electron chi connectivity index (χ2n) is 3.67. The first-order valence-electron chi connectivity index (χ1n) is 5.09. The molecule has 0 aliphatic rings. The van der Waals surface area contributed by atoms with E-state index in [1.54, 1.807) is 23.9 Å². The Morgan fingerprint density at radius 3 is 2.72 bits per heavy atom. The first kappa shape index (κ1) is 11.8. The normalized spacial score (nSPS) is 10.3.